The number of nitrogens with zero attached hydrogens (tertiary/aromatic N) is 1. The molecule has 0 saturated carbocycles. The summed E-state index contributed by atoms with van der Waals surface area (Å²) in [5.74, 6) is -0.311. The van der Waals surface area contributed by atoms with Crippen LogP contribution >= 0.6 is 34.5 Å². The first kappa shape index (κ1) is 27.6. The van der Waals surface area contributed by atoms with E-state index in [1.165, 1.54) is 41.8 Å². The van der Waals surface area contributed by atoms with Crippen molar-refractivity contribution in [3.8, 4) is 11.5 Å². The summed E-state index contributed by atoms with van der Waals surface area (Å²) in [7, 11) is -2.32. The lowest BCUT2D eigenvalue weighted by Gasteiger charge is -2.06. The van der Waals surface area contributed by atoms with Gasteiger partial charge in [-0.2, -0.15) is 5.10 Å². The summed E-state index contributed by atoms with van der Waals surface area (Å²) in [6, 6.07) is 17.2. The van der Waals surface area contributed by atoms with Crippen molar-refractivity contribution >= 4 is 72.7 Å². The van der Waals surface area contributed by atoms with E-state index in [0.717, 1.165) is 10.1 Å². The second-order valence-electron chi connectivity index (χ2n) is 7.64. The standard InChI is InChI=1S/C25H19Cl2N3O6S2/c1-35-18-8-11-20-21(12-18)37-24(23(20)27)25(32)36-17-6-2-15(3-7-17)13-28-30-22(31)14-29-38(33,34)19-9-4-16(26)5-10-19/h2-13,29H,14H2,1H3,(H,30,31). The van der Waals surface area contributed by atoms with Crippen LogP contribution in [0.2, 0.25) is 10.0 Å². The molecule has 0 atom stereocenters. The van der Waals surface area contributed by atoms with Crippen LogP contribution in [-0.4, -0.2) is 40.2 Å². The van der Waals surface area contributed by atoms with E-state index in [1.807, 2.05) is 0 Å². The van der Waals surface area contributed by atoms with Gasteiger partial charge in [0.2, 0.25) is 10.0 Å². The van der Waals surface area contributed by atoms with Crippen LogP contribution in [0.25, 0.3) is 10.1 Å². The lowest BCUT2D eigenvalue weighted by molar-refractivity contribution is -0.119. The lowest BCUT2D eigenvalue weighted by atomic mass is 10.2. The number of methoxy groups -OCH3 is 1. The summed E-state index contributed by atoms with van der Waals surface area (Å²) in [6.07, 6.45) is 1.35. The number of carbonyl (C=O) groups excluding carboxylic acids is 2. The molecule has 2 N–H and O–H groups in total. The first-order valence-corrected chi connectivity index (χ1v) is 13.9. The van der Waals surface area contributed by atoms with Crippen LogP contribution in [-0.2, 0) is 14.8 Å². The summed E-state index contributed by atoms with van der Waals surface area (Å²) >= 11 is 13.3. The number of ether oxygens (including phenoxy) is 2. The monoisotopic (exact) mass is 591 g/mol. The van der Waals surface area contributed by atoms with Crippen molar-refractivity contribution in [2.24, 2.45) is 5.10 Å². The first-order valence-electron chi connectivity index (χ1n) is 10.8. The fraction of sp³-hybridized carbons (Fsp3) is 0.0800. The molecular weight excluding hydrogens is 573 g/mol. The number of rotatable bonds is 9. The van der Waals surface area contributed by atoms with Crippen molar-refractivity contribution < 1.29 is 27.5 Å². The minimum atomic E-state index is -3.87. The first-order chi connectivity index (χ1) is 18.2. The molecule has 0 fully saturated rings. The SMILES string of the molecule is COc1ccc2c(Cl)c(C(=O)Oc3ccc(C=NNC(=O)CNS(=O)(=O)c4ccc(Cl)cc4)cc3)sc2c1. The molecule has 1 amide bonds. The zero-order chi connectivity index (χ0) is 27.3. The van der Waals surface area contributed by atoms with Gasteiger partial charge in [-0.1, -0.05) is 23.2 Å². The summed E-state index contributed by atoms with van der Waals surface area (Å²) in [6.45, 7) is -0.510. The normalized spacial score (nSPS) is 11.6. The Balaban J connectivity index is 1.30. The van der Waals surface area contributed by atoms with E-state index in [1.54, 1.807) is 49.6 Å². The Morgan fingerprint density at radius 2 is 1.68 bits per heavy atom. The quantitative estimate of drug-likeness (QED) is 0.124. The van der Waals surface area contributed by atoms with Gasteiger partial charge < -0.3 is 9.47 Å². The summed E-state index contributed by atoms with van der Waals surface area (Å²) < 4.78 is 38.1. The van der Waals surface area contributed by atoms with Gasteiger partial charge >= 0.3 is 5.97 Å². The van der Waals surface area contributed by atoms with Gasteiger partial charge in [0, 0.05) is 15.1 Å². The van der Waals surface area contributed by atoms with Crippen LogP contribution in [0.4, 0.5) is 0 Å². The van der Waals surface area contributed by atoms with E-state index in [9.17, 15) is 18.0 Å². The highest BCUT2D eigenvalue weighted by Gasteiger charge is 2.20. The van der Waals surface area contributed by atoms with Crippen LogP contribution in [0.1, 0.15) is 15.2 Å². The van der Waals surface area contributed by atoms with Crippen molar-refractivity contribution in [2.75, 3.05) is 13.7 Å². The third-order valence-corrected chi connectivity index (χ3v) is 8.37. The molecule has 0 aliphatic heterocycles. The highest BCUT2D eigenvalue weighted by atomic mass is 35.5. The highest BCUT2D eigenvalue weighted by Crippen LogP contribution is 2.37. The number of fused-ring (bicyclic) bond motifs is 1. The fourth-order valence-corrected chi connectivity index (χ4v) is 5.68. The van der Waals surface area contributed by atoms with Gasteiger partial charge in [-0.05, 0) is 72.3 Å². The fourth-order valence-electron chi connectivity index (χ4n) is 3.16. The van der Waals surface area contributed by atoms with Crippen LogP contribution in [0.5, 0.6) is 11.5 Å². The topological polar surface area (TPSA) is 123 Å². The second kappa shape index (κ2) is 11.9. The molecule has 38 heavy (non-hydrogen) atoms. The van der Waals surface area contributed by atoms with Crippen molar-refractivity contribution in [2.45, 2.75) is 4.90 Å². The van der Waals surface area contributed by atoms with Gasteiger partial charge in [0.15, 0.2) is 0 Å². The number of hydrazone groups is 1. The highest BCUT2D eigenvalue weighted by molar-refractivity contribution is 7.89. The largest absolute Gasteiger partial charge is 0.497 e. The van der Waals surface area contributed by atoms with Gasteiger partial charge in [-0.25, -0.2) is 23.4 Å². The number of nitrogens with one attached hydrogen (secondary N) is 2. The molecule has 13 heteroatoms. The second-order valence-corrected chi connectivity index (χ2v) is 11.3. The molecule has 0 aliphatic rings. The molecule has 196 valence electrons. The number of carbonyl (C=O) groups is 2. The molecule has 4 aromatic rings. The predicted molar refractivity (Wildman–Crippen MR) is 147 cm³/mol. The van der Waals surface area contributed by atoms with Crippen LogP contribution in [0, 0.1) is 0 Å². The Labute approximate surface area is 232 Å². The average molecular weight is 592 g/mol. The molecule has 3 aromatic carbocycles. The average Bonchev–Trinajstić information content (AvgIpc) is 3.24. The smallest absolute Gasteiger partial charge is 0.355 e. The zero-order valence-corrected chi connectivity index (χ0v) is 22.7. The Morgan fingerprint density at radius 1 is 1.00 bits per heavy atom. The Kier molecular flexibility index (Phi) is 8.65. The summed E-state index contributed by atoms with van der Waals surface area (Å²) in [4.78, 5) is 24.9. The predicted octanol–water partition coefficient (Wildman–Crippen LogP) is 4.86. The maximum absolute atomic E-state index is 12.7. The zero-order valence-electron chi connectivity index (χ0n) is 19.6. The van der Waals surface area contributed by atoms with Crippen molar-refractivity contribution in [3.05, 3.63) is 87.2 Å². The van der Waals surface area contributed by atoms with E-state index in [4.69, 9.17) is 32.7 Å². The van der Waals surface area contributed by atoms with E-state index < -0.39 is 28.4 Å². The van der Waals surface area contributed by atoms with Gasteiger partial charge in [0.1, 0.15) is 16.4 Å². The Morgan fingerprint density at radius 3 is 2.37 bits per heavy atom. The number of hydrogen-bond acceptors (Lipinski definition) is 8. The minimum Gasteiger partial charge on any atom is -0.497 e. The molecule has 0 radical (unpaired) electrons. The molecule has 0 saturated heterocycles. The number of thiophene rings is 1. The molecule has 1 aromatic heterocycles. The van der Waals surface area contributed by atoms with E-state index in [-0.39, 0.29) is 9.77 Å². The number of esters is 1. The van der Waals surface area contributed by atoms with Crippen molar-refractivity contribution in [3.63, 3.8) is 0 Å². The van der Waals surface area contributed by atoms with Gasteiger partial charge in [0.25, 0.3) is 5.91 Å². The van der Waals surface area contributed by atoms with Gasteiger partial charge in [-0.15, -0.1) is 11.3 Å². The van der Waals surface area contributed by atoms with Gasteiger partial charge in [0.05, 0.1) is 29.8 Å². The van der Waals surface area contributed by atoms with E-state index in [2.05, 4.69) is 15.2 Å². The molecule has 0 unspecified atom stereocenters. The molecule has 0 bridgehead atoms. The Hall–Kier alpha value is -3.48. The third kappa shape index (κ3) is 6.69. The molecular formula is C25H19Cl2N3O6S2. The lowest BCUT2D eigenvalue weighted by Crippen LogP contribution is -2.34. The number of sulfonamides is 1. The third-order valence-electron chi connectivity index (χ3n) is 5.06. The van der Waals surface area contributed by atoms with Crippen LogP contribution in [0.15, 0.2) is 76.7 Å². The van der Waals surface area contributed by atoms with Crippen molar-refractivity contribution in [1.82, 2.24) is 10.1 Å². The molecule has 4 rings (SSSR count). The maximum atomic E-state index is 12.7. The van der Waals surface area contributed by atoms with Crippen molar-refractivity contribution in [1.29, 1.82) is 0 Å². The van der Waals surface area contributed by atoms with E-state index >= 15 is 0 Å². The summed E-state index contributed by atoms with van der Waals surface area (Å²) in [5, 5.41) is 5.24. The minimum absolute atomic E-state index is 0.0196. The summed E-state index contributed by atoms with van der Waals surface area (Å²) in [5.41, 5.74) is 2.83. The molecule has 0 spiro atoms. The number of benzene rings is 3. The molecule has 9 nitrogen and oxygen atoms in total. The number of amides is 1. The maximum Gasteiger partial charge on any atom is 0.355 e. The number of halogens is 2. The van der Waals surface area contributed by atoms with Crippen LogP contribution in [0.3, 0.4) is 0 Å². The van der Waals surface area contributed by atoms with Crippen LogP contribution < -0.4 is 19.6 Å². The van der Waals surface area contributed by atoms with Gasteiger partial charge in [-0.3, -0.25) is 4.79 Å². The Bertz CT molecular complexity index is 1620. The van der Waals surface area contributed by atoms with E-state index in [0.29, 0.717) is 27.1 Å². The number of hydrogen-bond donors (Lipinski definition) is 2. The molecule has 1 heterocycles. The molecule has 0 aliphatic carbocycles.